The van der Waals surface area contributed by atoms with E-state index in [1.807, 2.05) is 37.0 Å². The molecule has 1 N–H and O–H groups in total. The first-order valence-electron chi connectivity index (χ1n) is 6.53. The second kappa shape index (κ2) is 4.81. The van der Waals surface area contributed by atoms with Crippen LogP contribution in [0.3, 0.4) is 0 Å². The zero-order valence-electron chi connectivity index (χ0n) is 11.1. The summed E-state index contributed by atoms with van der Waals surface area (Å²) in [5, 5.41) is 7.44. The lowest BCUT2D eigenvalue weighted by molar-refractivity contribution is 0.0937. The monoisotopic (exact) mass is 275 g/mol. The van der Waals surface area contributed by atoms with Crippen LogP contribution >= 0.6 is 11.3 Å². The standard InChI is InChI=1S/C14H17N3OS/c1-9-6-7-13(19-9)14(18)16-11-4-3-5-12-10(11)8-15-17(12)2/h6-8,11H,3-5H2,1-2H3,(H,16,18)/t11-/m1/s1. The molecule has 1 atom stereocenters. The van der Waals surface area contributed by atoms with Gasteiger partial charge in [0, 0.05) is 23.2 Å². The largest absolute Gasteiger partial charge is 0.344 e. The number of rotatable bonds is 2. The minimum Gasteiger partial charge on any atom is -0.344 e. The van der Waals surface area contributed by atoms with Gasteiger partial charge in [-0.25, -0.2) is 0 Å². The Morgan fingerprint density at radius 3 is 3.11 bits per heavy atom. The number of nitrogens with zero attached hydrogens (tertiary/aromatic N) is 2. The fraction of sp³-hybridized carbons (Fsp3) is 0.429. The highest BCUT2D eigenvalue weighted by atomic mass is 32.1. The maximum absolute atomic E-state index is 12.2. The highest BCUT2D eigenvalue weighted by Gasteiger charge is 2.25. The molecule has 1 aliphatic rings. The lowest BCUT2D eigenvalue weighted by atomic mass is 9.93. The minimum atomic E-state index is 0.0276. The number of carbonyl (C=O) groups is 1. The van der Waals surface area contributed by atoms with Crippen molar-refractivity contribution in [3.8, 4) is 0 Å². The zero-order chi connectivity index (χ0) is 13.4. The molecule has 0 bridgehead atoms. The number of aromatic nitrogens is 2. The molecule has 4 nitrogen and oxygen atoms in total. The highest BCUT2D eigenvalue weighted by Crippen LogP contribution is 2.29. The van der Waals surface area contributed by atoms with Gasteiger partial charge in [0.05, 0.1) is 17.1 Å². The minimum absolute atomic E-state index is 0.0276. The average Bonchev–Trinajstić information content (AvgIpc) is 2.98. The summed E-state index contributed by atoms with van der Waals surface area (Å²) in [5.41, 5.74) is 2.43. The Kier molecular flexibility index (Phi) is 3.14. The highest BCUT2D eigenvalue weighted by molar-refractivity contribution is 7.13. The van der Waals surface area contributed by atoms with Crippen LogP contribution < -0.4 is 5.32 Å². The van der Waals surface area contributed by atoms with Gasteiger partial charge in [0.15, 0.2) is 0 Å². The molecule has 0 aromatic carbocycles. The van der Waals surface area contributed by atoms with Crippen molar-refractivity contribution in [2.24, 2.45) is 7.05 Å². The molecule has 2 aromatic rings. The van der Waals surface area contributed by atoms with Crippen LogP contribution in [0.1, 0.15) is 44.7 Å². The Morgan fingerprint density at radius 2 is 2.37 bits per heavy atom. The summed E-state index contributed by atoms with van der Waals surface area (Å²) in [5.74, 6) is 0.0276. The van der Waals surface area contributed by atoms with E-state index in [9.17, 15) is 4.79 Å². The number of thiophene rings is 1. The van der Waals surface area contributed by atoms with Gasteiger partial charge in [-0.2, -0.15) is 5.10 Å². The molecule has 2 heterocycles. The van der Waals surface area contributed by atoms with E-state index in [0.29, 0.717) is 0 Å². The number of aryl methyl sites for hydroxylation is 2. The van der Waals surface area contributed by atoms with Crippen LogP contribution in [0.2, 0.25) is 0 Å². The Labute approximate surface area is 116 Å². The van der Waals surface area contributed by atoms with Crippen molar-refractivity contribution in [1.29, 1.82) is 0 Å². The van der Waals surface area contributed by atoms with Crippen LogP contribution in [0.5, 0.6) is 0 Å². The van der Waals surface area contributed by atoms with Gasteiger partial charge in [0.25, 0.3) is 5.91 Å². The number of hydrogen-bond acceptors (Lipinski definition) is 3. The van der Waals surface area contributed by atoms with Crippen LogP contribution in [-0.4, -0.2) is 15.7 Å². The Balaban J connectivity index is 1.79. The maximum atomic E-state index is 12.2. The third kappa shape index (κ3) is 2.30. The predicted molar refractivity (Wildman–Crippen MR) is 75.4 cm³/mol. The lowest BCUT2D eigenvalue weighted by Crippen LogP contribution is -2.30. The van der Waals surface area contributed by atoms with Crippen LogP contribution in [0.4, 0.5) is 0 Å². The van der Waals surface area contributed by atoms with Crippen molar-refractivity contribution in [3.63, 3.8) is 0 Å². The van der Waals surface area contributed by atoms with Gasteiger partial charge in [0.1, 0.15) is 0 Å². The van der Waals surface area contributed by atoms with E-state index in [4.69, 9.17) is 0 Å². The summed E-state index contributed by atoms with van der Waals surface area (Å²) in [6.07, 6.45) is 5.03. The van der Waals surface area contributed by atoms with Crippen LogP contribution in [0.15, 0.2) is 18.3 Å². The Morgan fingerprint density at radius 1 is 1.53 bits per heavy atom. The first kappa shape index (κ1) is 12.4. The second-order valence-electron chi connectivity index (χ2n) is 5.00. The first-order valence-corrected chi connectivity index (χ1v) is 7.35. The number of amides is 1. The topological polar surface area (TPSA) is 46.9 Å². The summed E-state index contributed by atoms with van der Waals surface area (Å²) >= 11 is 1.54. The fourth-order valence-corrected chi connectivity index (χ4v) is 3.41. The van der Waals surface area contributed by atoms with Crippen LogP contribution in [0.25, 0.3) is 0 Å². The molecule has 1 amide bonds. The van der Waals surface area contributed by atoms with E-state index in [-0.39, 0.29) is 11.9 Å². The fourth-order valence-electron chi connectivity index (χ4n) is 2.64. The van der Waals surface area contributed by atoms with Gasteiger partial charge in [-0.15, -0.1) is 11.3 Å². The Hall–Kier alpha value is -1.62. The van der Waals surface area contributed by atoms with Crippen molar-refractivity contribution < 1.29 is 4.79 Å². The zero-order valence-corrected chi connectivity index (χ0v) is 12.0. The van der Waals surface area contributed by atoms with Gasteiger partial charge in [0.2, 0.25) is 0 Å². The van der Waals surface area contributed by atoms with Crippen molar-refractivity contribution in [2.75, 3.05) is 0 Å². The van der Waals surface area contributed by atoms with E-state index in [2.05, 4.69) is 10.4 Å². The second-order valence-corrected chi connectivity index (χ2v) is 6.29. The van der Waals surface area contributed by atoms with E-state index in [0.717, 1.165) is 29.0 Å². The van der Waals surface area contributed by atoms with Crippen molar-refractivity contribution in [3.05, 3.63) is 39.3 Å². The molecule has 0 unspecified atom stereocenters. The van der Waals surface area contributed by atoms with E-state index < -0.39 is 0 Å². The van der Waals surface area contributed by atoms with Crippen LogP contribution in [0, 0.1) is 6.92 Å². The molecular formula is C14H17N3OS. The number of hydrogen-bond donors (Lipinski definition) is 1. The van der Waals surface area contributed by atoms with E-state index >= 15 is 0 Å². The van der Waals surface area contributed by atoms with E-state index in [1.165, 1.54) is 22.6 Å². The molecule has 0 radical (unpaired) electrons. The normalized spacial score (nSPS) is 18.1. The molecule has 19 heavy (non-hydrogen) atoms. The third-order valence-electron chi connectivity index (χ3n) is 3.65. The molecule has 2 aromatic heterocycles. The van der Waals surface area contributed by atoms with Gasteiger partial charge in [-0.1, -0.05) is 0 Å². The summed E-state index contributed by atoms with van der Waals surface area (Å²) in [6, 6.07) is 3.98. The van der Waals surface area contributed by atoms with Gasteiger partial charge in [-0.05, 0) is 38.3 Å². The predicted octanol–water partition coefficient (Wildman–Crippen LogP) is 2.60. The summed E-state index contributed by atoms with van der Waals surface area (Å²) < 4.78 is 1.92. The van der Waals surface area contributed by atoms with Crippen molar-refractivity contribution in [1.82, 2.24) is 15.1 Å². The molecule has 5 heteroatoms. The SMILES string of the molecule is Cc1ccc(C(=O)N[C@@H]2CCCc3c2cnn3C)s1. The molecular weight excluding hydrogens is 258 g/mol. The average molecular weight is 275 g/mol. The summed E-state index contributed by atoms with van der Waals surface area (Å²) in [6.45, 7) is 2.02. The molecule has 0 saturated carbocycles. The molecule has 0 aliphatic heterocycles. The van der Waals surface area contributed by atoms with Crippen molar-refractivity contribution >= 4 is 17.2 Å². The molecule has 100 valence electrons. The lowest BCUT2D eigenvalue weighted by Gasteiger charge is -2.23. The molecule has 3 rings (SSSR count). The summed E-state index contributed by atoms with van der Waals surface area (Å²) in [7, 11) is 1.96. The summed E-state index contributed by atoms with van der Waals surface area (Å²) in [4.78, 5) is 14.2. The number of carbonyl (C=O) groups excluding carboxylic acids is 1. The number of nitrogens with one attached hydrogen (secondary N) is 1. The van der Waals surface area contributed by atoms with Crippen LogP contribution in [-0.2, 0) is 13.5 Å². The van der Waals surface area contributed by atoms with Gasteiger partial charge >= 0.3 is 0 Å². The quantitative estimate of drug-likeness (QED) is 0.915. The van der Waals surface area contributed by atoms with Gasteiger partial charge < -0.3 is 5.32 Å². The smallest absolute Gasteiger partial charge is 0.261 e. The molecule has 1 aliphatic carbocycles. The molecule has 0 spiro atoms. The molecule has 0 fully saturated rings. The third-order valence-corrected chi connectivity index (χ3v) is 4.64. The van der Waals surface area contributed by atoms with E-state index in [1.54, 1.807) is 0 Å². The maximum Gasteiger partial charge on any atom is 0.261 e. The number of fused-ring (bicyclic) bond motifs is 1. The first-order chi connectivity index (χ1) is 9.15. The van der Waals surface area contributed by atoms with Crippen molar-refractivity contribution in [2.45, 2.75) is 32.2 Å². The van der Waals surface area contributed by atoms with Gasteiger partial charge in [-0.3, -0.25) is 9.48 Å². The molecule has 0 saturated heterocycles. The Bertz CT molecular complexity index is 614.